The van der Waals surface area contributed by atoms with Crippen LogP contribution in [-0.4, -0.2) is 61.1 Å². The summed E-state index contributed by atoms with van der Waals surface area (Å²) >= 11 is 1.33. The van der Waals surface area contributed by atoms with Gasteiger partial charge in [0.05, 0.1) is 25.6 Å². The molecule has 0 spiro atoms. The predicted molar refractivity (Wildman–Crippen MR) is 140 cm³/mol. The van der Waals surface area contributed by atoms with Crippen LogP contribution in [0, 0.1) is 13.8 Å². The van der Waals surface area contributed by atoms with Gasteiger partial charge in [-0.3, -0.25) is 14.5 Å². The first-order valence-electron chi connectivity index (χ1n) is 11.6. The zero-order chi connectivity index (χ0) is 25.4. The first kappa shape index (κ1) is 26.6. The summed E-state index contributed by atoms with van der Waals surface area (Å²) < 4.78 is 16.0. The fourth-order valence-corrected chi connectivity index (χ4v) is 4.98. The van der Waals surface area contributed by atoms with E-state index in [1.54, 1.807) is 30.2 Å². The molecule has 0 aromatic heterocycles. The van der Waals surface area contributed by atoms with Gasteiger partial charge < -0.3 is 19.5 Å². The summed E-state index contributed by atoms with van der Waals surface area (Å²) in [6.45, 7) is 7.65. The second-order valence-corrected chi connectivity index (χ2v) is 9.38. The molecule has 1 atom stereocenters. The number of carbonyl (C=O) groups is 2. The molecule has 0 aliphatic carbocycles. The topological polar surface area (TPSA) is 89.5 Å². The number of aryl methyl sites for hydroxylation is 2. The van der Waals surface area contributed by atoms with Crippen molar-refractivity contribution < 1.29 is 23.8 Å². The van der Waals surface area contributed by atoms with E-state index < -0.39 is 5.25 Å². The summed E-state index contributed by atoms with van der Waals surface area (Å²) in [6, 6.07) is 11.2. The molecule has 2 aromatic rings. The van der Waals surface area contributed by atoms with Crippen molar-refractivity contribution in [2.24, 2.45) is 4.99 Å². The third kappa shape index (κ3) is 7.22. The Morgan fingerprint density at radius 3 is 2.51 bits per heavy atom. The van der Waals surface area contributed by atoms with Crippen molar-refractivity contribution in [2.45, 2.75) is 38.9 Å². The normalized spacial score (nSPS) is 16.6. The van der Waals surface area contributed by atoms with Gasteiger partial charge in [0.1, 0.15) is 16.7 Å². The number of rotatable bonds is 11. The van der Waals surface area contributed by atoms with Crippen LogP contribution in [0.4, 0.5) is 11.4 Å². The van der Waals surface area contributed by atoms with E-state index in [0.717, 1.165) is 16.8 Å². The number of nitrogens with zero attached hydrogens (tertiary/aromatic N) is 2. The molecule has 0 saturated carbocycles. The van der Waals surface area contributed by atoms with E-state index in [9.17, 15) is 9.59 Å². The Bertz CT molecular complexity index is 1070. The minimum absolute atomic E-state index is 0.0203. The molecule has 188 valence electrons. The highest BCUT2D eigenvalue weighted by Crippen LogP contribution is 2.34. The Morgan fingerprint density at radius 2 is 1.86 bits per heavy atom. The van der Waals surface area contributed by atoms with Crippen LogP contribution in [0.5, 0.6) is 11.5 Å². The van der Waals surface area contributed by atoms with Crippen molar-refractivity contribution in [3.05, 3.63) is 47.5 Å². The quantitative estimate of drug-likeness (QED) is 0.451. The standard InChI is InChI=1S/C26H33N3O5S/c1-6-34-11-7-10-29-25(31)23(35-26(29)27-19-13-17(2)12-18(3)14-19)16-24(30)28-21-9-8-20(32-4)15-22(21)33-5/h8-9,12-15,23H,6-7,10-11,16H2,1-5H3,(H,28,30). The van der Waals surface area contributed by atoms with Crippen LogP contribution in [0.25, 0.3) is 0 Å². The first-order chi connectivity index (χ1) is 16.8. The average molecular weight is 500 g/mol. The van der Waals surface area contributed by atoms with Crippen LogP contribution < -0.4 is 14.8 Å². The number of hydrogen-bond acceptors (Lipinski definition) is 7. The number of aliphatic imine (C=N–C) groups is 1. The third-order valence-corrected chi connectivity index (χ3v) is 6.55. The lowest BCUT2D eigenvalue weighted by molar-refractivity contribution is -0.128. The van der Waals surface area contributed by atoms with E-state index in [1.165, 1.54) is 18.9 Å². The number of hydrogen-bond donors (Lipinski definition) is 1. The van der Waals surface area contributed by atoms with Crippen LogP contribution >= 0.6 is 11.8 Å². The van der Waals surface area contributed by atoms with Gasteiger partial charge in [-0.1, -0.05) is 17.8 Å². The van der Waals surface area contributed by atoms with Crippen molar-refractivity contribution >= 4 is 40.1 Å². The maximum atomic E-state index is 13.3. The summed E-state index contributed by atoms with van der Waals surface area (Å²) in [4.78, 5) is 32.6. The summed E-state index contributed by atoms with van der Waals surface area (Å²) in [5.41, 5.74) is 3.52. The molecule has 3 rings (SSSR count). The Morgan fingerprint density at radius 1 is 1.11 bits per heavy atom. The monoisotopic (exact) mass is 499 g/mol. The van der Waals surface area contributed by atoms with Gasteiger partial charge in [-0.2, -0.15) is 0 Å². The predicted octanol–water partition coefficient (Wildman–Crippen LogP) is 4.71. The molecule has 1 unspecified atom stereocenters. The molecule has 1 fully saturated rings. The van der Waals surface area contributed by atoms with E-state index in [0.29, 0.717) is 48.5 Å². The number of nitrogens with one attached hydrogen (secondary N) is 1. The third-order valence-electron chi connectivity index (χ3n) is 5.38. The van der Waals surface area contributed by atoms with E-state index in [-0.39, 0.29) is 18.2 Å². The molecule has 0 radical (unpaired) electrons. The Hall–Kier alpha value is -3.04. The smallest absolute Gasteiger partial charge is 0.242 e. The lowest BCUT2D eigenvalue weighted by Crippen LogP contribution is -2.34. The number of benzene rings is 2. The minimum atomic E-state index is -0.559. The molecule has 1 aliphatic heterocycles. The van der Waals surface area contributed by atoms with Gasteiger partial charge in [0, 0.05) is 32.2 Å². The number of ether oxygens (including phenoxy) is 3. The Labute approximate surface area is 211 Å². The van der Waals surface area contributed by atoms with Crippen molar-refractivity contribution in [1.29, 1.82) is 0 Å². The Kier molecular flexibility index (Phi) is 9.56. The molecule has 9 heteroatoms. The fraction of sp³-hybridized carbons (Fsp3) is 0.423. The van der Waals surface area contributed by atoms with Gasteiger partial charge in [0.2, 0.25) is 11.8 Å². The molecule has 1 saturated heterocycles. The molecule has 35 heavy (non-hydrogen) atoms. The fourth-order valence-electron chi connectivity index (χ4n) is 3.80. The van der Waals surface area contributed by atoms with Crippen molar-refractivity contribution in [3.63, 3.8) is 0 Å². The summed E-state index contributed by atoms with van der Waals surface area (Å²) in [6.07, 6.45) is 0.709. The molecule has 1 N–H and O–H groups in total. The zero-order valence-electron chi connectivity index (χ0n) is 20.9. The highest BCUT2D eigenvalue weighted by molar-refractivity contribution is 8.15. The molecule has 1 aliphatic rings. The molecular formula is C26H33N3O5S. The number of carbonyl (C=O) groups excluding carboxylic acids is 2. The zero-order valence-corrected chi connectivity index (χ0v) is 21.7. The number of amidine groups is 1. The maximum Gasteiger partial charge on any atom is 0.242 e. The number of anilines is 1. The van der Waals surface area contributed by atoms with Crippen LogP contribution in [0.1, 0.15) is 30.9 Å². The molecule has 2 amide bonds. The molecular weight excluding hydrogens is 466 g/mol. The largest absolute Gasteiger partial charge is 0.497 e. The van der Waals surface area contributed by atoms with Gasteiger partial charge in [0.15, 0.2) is 5.17 Å². The van der Waals surface area contributed by atoms with E-state index in [2.05, 4.69) is 11.4 Å². The van der Waals surface area contributed by atoms with Gasteiger partial charge in [-0.15, -0.1) is 0 Å². The number of methoxy groups -OCH3 is 2. The van der Waals surface area contributed by atoms with Gasteiger partial charge >= 0.3 is 0 Å². The summed E-state index contributed by atoms with van der Waals surface area (Å²) in [7, 11) is 3.09. The minimum Gasteiger partial charge on any atom is -0.497 e. The highest BCUT2D eigenvalue weighted by Gasteiger charge is 2.39. The van der Waals surface area contributed by atoms with E-state index >= 15 is 0 Å². The van der Waals surface area contributed by atoms with Gasteiger partial charge in [-0.25, -0.2) is 4.99 Å². The number of amides is 2. The van der Waals surface area contributed by atoms with E-state index in [4.69, 9.17) is 19.2 Å². The lowest BCUT2D eigenvalue weighted by Gasteiger charge is -2.16. The van der Waals surface area contributed by atoms with Crippen LogP contribution in [-0.2, 0) is 14.3 Å². The van der Waals surface area contributed by atoms with Gasteiger partial charge in [0.25, 0.3) is 0 Å². The van der Waals surface area contributed by atoms with Gasteiger partial charge in [-0.05, 0) is 62.6 Å². The van der Waals surface area contributed by atoms with Crippen LogP contribution in [0.15, 0.2) is 41.4 Å². The van der Waals surface area contributed by atoms with Crippen molar-refractivity contribution in [2.75, 3.05) is 39.3 Å². The first-order valence-corrected chi connectivity index (χ1v) is 12.5. The Balaban J connectivity index is 1.76. The van der Waals surface area contributed by atoms with Crippen molar-refractivity contribution in [1.82, 2.24) is 4.90 Å². The summed E-state index contributed by atoms with van der Waals surface area (Å²) in [5, 5.41) is 2.90. The van der Waals surface area contributed by atoms with Crippen molar-refractivity contribution in [3.8, 4) is 11.5 Å². The van der Waals surface area contributed by atoms with Crippen LogP contribution in [0.2, 0.25) is 0 Å². The maximum absolute atomic E-state index is 13.3. The SMILES string of the molecule is CCOCCCN1C(=O)C(CC(=O)Nc2ccc(OC)cc2OC)SC1=Nc1cc(C)cc(C)c1. The van der Waals surface area contributed by atoms with E-state index in [1.807, 2.05) is 32.9 Å². The van der Waals surface area contributed by atoms with Crippen LogP contribution in [0.3, 0.4) is 0 Å². The number of thioether (sulfide) groups is 1. The molecule has 2 aromatic carbocycles. The average Bonchev–Trinajstić information content (AvgIpc) is 3.09. The summed E-state index contributed by atoms with van der Waals surface area (Å²) in [5.74, 6) is 0.710. The molecule has 0 bridgehead atoms. The molecule has 1 heterocycles. The lowest BCUT2D eigenvalue weighted by atomic mass is 10.1. The highest BCUT2D eigenvalue weighted by atomic mass is 32.2. The second kappa shape index (κ2) is 12.6. The molecule has 8 nitrogen and oxygen atoms in total. The second-order valence-electron chi connectivity index (χ2n) is 8.21.